The second kappa shape index (κ2) is 18.1. The third kappa shape index (κ3) is 76.0. The predicted octanol–water partition coefficient (Wildman–Crippen LogP) is 0.490. The van der Waals surface area contributed by atoms with Gasteiger partial charge in [-0.1, -0.05) is 6.58 Å². The molecule has 0 heterocycles. The van der Waals surface area contributed by atoms with Gasteiger partial charge in [0.2, 0.25) is 5.91 Å². The zero-order valence-corrected chi connectivity index (χ0v) is 16.1. The van der Waals surface area contributed by atoms with Gasteiger partial charge in [0.05, 0.1) is 7.11 Å². The molecule has 8 nitrogen and oxygen atoms in total. The van der Waals surface area contributed by atoms with Gasteiger partial charge in [-0.2, -0.15) is 8.42 Å². The van der Waals surface area contributed by atoms with Crippen LogP contribution in [0.3, 0.4) is 0 Å². The number of nitrogens with one attached hydrogen (secondary N) is 1. The molecular formula is C13H33N3O5S. The summed E-state index contributed by atoms with van der Waals surface area (Å²) in [5, 5.41) is 2.61. The van der Waals surface area contributed by atoms with Gasteiger partial charge in [0.15, 0.2) is 0 Å². The molecule has 0 saturated heterocycles. The van der Waals surface area contributed by atoms with Gasteiger partial charge in [0.25, 0.3) is 0 Å². The van der Waals surface area contributed by atoms with Crippen molar-refractivity contribution in [1.82, 2.24) is 15.1 Å². The van der Waals surface area contributed by atoms with E-state index in [1.165, 1.54) is 0 Å². The van der Waals surface area contributed by atoms with E-state index in [1.54, 1.807) is 6.92 Å². The second-order valence-corrected chi connectivity index (χ2v) is 6.11. The predicted molar refractivity (Wildman–Crippen MR) is 91.3 cm³/mol. The van der Waals surface area contributed by atoms with Crippen LogP contribution in [-0.2, 0) is 19.4 Å². The Bertz CT molecular complexity index is 356. The van der Waals surface area contributed by atoms with Crippen LogP contribution in [0, 0.1) is 0 Å². The second-order valence-electron chi connectivity index (χ2n) is 4.92. The van der Waals surface area contributed by atoms with Crippen molar-refractivity contribution in [2.45, 2.75) is 13.8 Å². The molecule has 0 rings (SSSR count). The number of hydrogen-bond acceptors (Lipinski definition) is 6. The molecule has 0 fully saturated rings. The molecule has 0 bridgehead atoms. The molecular weight excluding hydrogens is 310 g/mol. The fraction of sp³-hybridized carbons (Fsp3) is 0.769. The van der Waals surface area contributed by atoms with E-state index in [2.05, 4.69) is 16.1 Å². The molecule has 0 aromatic heterocycles. The average Bonchev–Trinajstić information content (AvgIpc) is 2.27. The minimum atomic E-state index is -4.16. The Morgan fingerprint density at radius 1 is 1.14 bits per heavy atom. The number of carbonyl (C=O) groups excluding carboxylic acids is 1. The Hall–Kier alpha value is -1.00. The Labute approximate surface area is 136 Å². The van der Waals surface area contributed by atoms with Crippen molar-refractivity contribution in [3.8, 4) is 0 Å². The number of likely N-dealkylation sites (N-methyl/N-ethyl adjacent to an activating group) is 1. The maximum absolute atomic E-state index is 10.5. The molecule has 0 aromatic rings. The van der Waals surface area contributed by atoms with Crippen LogP contribution >= 0.6 is 0 Å². The quantitative estimate of drug-likeness (QED) is 0.568. The summed E-state index contributed by atoms with van der Waals surface area (Å²) >= 11 is 0. The van der Waals surface area contributed by atoms with Crippen LogP contribution in [0.25, 0.3) is 0 Å². The summed E-state index contributed by atoms with van der Waals surface area (Å²) in [6.07, 6.45) is 0. The van der Waals surface area contributed by atoms with Gasteiger partial charge in [0.1, 0.15) is 0 Å². The topological polar surface area (TPSA) is 99.2 Å². The fourth-order valence-electron chi connectivity index (χ4n) is 0.311. The number of nitrogens with zero attached hydrogens (tertiary/aromatic N) is 2. The molecule has 0 atom stereocenters. The summed E-state index contributed by atoms with van der Waals surface area (Å²) in [7, 11) is 8.71. The minimum Gasteiger partial charge on any atom is -0.353 e. The van der Waals surface area contributed by atoms with Crippen LogP contribution < -0.4 is 5.32 Å². The maximum Gasteiger partial charge on any atom is 0.397 e. The highest BCUT2D eigenvalue weighted by Crippen LogP contribution is 1.82. The first-order chi connectivity index (χ1) is 9.71. The monoisotopic (exact) mass is 343 g/mol. The summed E-state index contributed by atoms with van der Waals surface area (Å²) in [6, 6.07) is 0. The van der Waals surface area contributed by atoms with Gasteiger partial charge in [-0.3, -0.25) is 13.5 Å². The lowest BCUT2D eigenvalue weighted by atomic mass is 10.3. The van der Waals surface area contributed by atoms with Crippen molar-refractivity contribution in [3.05, 3.63) is 12.2 Å². The Balaban J connectivity index is -0.000000103. The Kier molecular flexibility index (Phi) is 23.8. The van der Waals surface area contributed by atoms with Crippen molar-refractivity contribution in [2.75, 3.05) is 55.9 Å². The molecule has 1 amide bonds. The normalized spacial score (nSPS) is 9.45. The molecule has 0 aliphatic carbocycles. The van der Waals surface area contributed by atoms with Crippen LogP contribution in [0.4, 0.5) is 0 Å². The highest BCUT2D eigenvalue weighted by molar-refractivity contribution is 7.80. The van der Waals surface area contributed by atoms with E-state index in [0.717, 1.165) is 7.11 Å². The molecule has 0 saturated carbocycles. The lowest BCUT2D eigenvalue weighted by Gasteiger charge is -1.97. The van der Waals surface area contributed by atoms with E-state index in [9.17, 15) is 13.2 Å². The van der Waals surface area contributed by atoms with Gasteiger partial charge in [-0.05, 0) is 56.1 Å². The van der Waals surface area contributed by atoms with Crippen molar-refractivity contribution >= 4 is 16.3 Å². The van der Waals surface area contributed by atoms with Gasteiger partial charge >= 0.3 is 10.4 Å². The molecule has 0 aliphatic rings. The van der Waals surface area contributed by atoms with E-state index >= 15 is 0 Å². The lowest BCUT2D eigenvalue weighted by Crippen LogP contribution is -2.22. The largest absolute Gasteiger partial charge is 0.397 e. The lowest BCUT2D eigenvalue weighted by molar-refractivity contribution is -0.117. The first-order valence-corrected chi connectivity index (χ1v) is 7.76. The van der Waals surface area contributed by atoms with E-state index in [4.69, 9.17) is 4.55 Å². The molecule has 0 radical (unpaired) electrons. The molecule has 0 unspecified atom stereocenters. The van der Waals surface area contributed by atoms with Crippen LogP contribution in [0.15, 0.2) is 12.2 Å². The summed E-state index contributed by atoms with van der Waals surface area (Å²) in [4.78, 5) is 14.5. The molecule has 0 aliphatic heterocycles. The molecule has 22 heavy (non-hydrogen) atoms. The van der Waals surface area contributed by atoms with Crippen molar-refractivity contribution < 1.29 is 21.9 Å². The number of rotatable bonds is 3. The van der Waals surface area contributed by atoms with Gasteiger partial charge in [0, 0.05) is 12.1 Å². The van der Waals surface area contributed by atoms with Crippen molar-refractivity contribution in [2.24, 2.45) is 0 Å². The summed E-state index contributed by atoms with van der Waals surface area (Å²) in [6.45, 7) is 7.70. The molecule has 136 valence electrons. The molecule has 9 heteroatoms. The van der Waals surface area contributed by atoms with E-state index in [-0.39, 0.29) is 5.91 Å². The van der Waals surface area contributed by atoms with Crippen LogP contribution in [0.5, 0.6) is 0 Å². The Morgan fingerprint density at radius 3 is 1.41 bits per heavy atom. The van der Waals surface area contributed by atoms with Gasteiger partial charge < -0.3 is 15.1 Å². The Morgan fingerprint density at radius 2 is 1.36 bits per heavy atom. The van der Waals surface area contributed by atoms with Crippen molar-refractivity contribution in [3.63, 3.8) is 0 Å². The van der Waals surface area contributed by atoms with E-state index < -0.39 is 10.4 Å². The summed E-state index contributed by atoms with van der Waals surface area (Å²) < 4.78 is 29.7. The third-order valence-electron chi connectivity index (χ3n) is 0.936. The SMILES string of the molecule is C=C(C)C(=O)NCC.CN(C)C.CN(C)C.COS(=O)(=O)O. The zero-order valence-electron chi connectivity index (χ0n) is 15.3. The molecule has 0 spiro atoms. The van der Waals surface area contributed by atoms with Gasteiger partial charge in [-0.25, -0.2) is 0 Å². The first-order valence-electron chi connectivity index (χ1n) is 6.39. The maximum atomic E-state index is 10.5. The van der Waals surface area contributed by atoms with Crippen LogP contribution in [0.1, 0.15) is 13.8 Å². The number of hydrogen-bond donors (Lipinski definition) is 2. The summed E-state index contributed by atoms with van der Waals surface area (Å²) in [5.74, 6) is -0.0625. The molecule has 0 aromatic carbocycles. The van der Waals surface area contributed by atoms with Gasteiger partial charge in [-0.15, -0.1) is 0 Å². The highest BCUT2D eigenvalue weighted by Gasteiger charge is 1.95. The standard InChI is InChI=1S/C6H11NO.2C3H9N.CH4O4S/c1-4-7-6(8)5(2)3;2*1-4(2)3;1-5-6(2,3)4/h2,4H2,1,3H3,(H,7,8);2*1-3H3;1H3,(H,2,3,4). The van der Waals surface area contributed by atoms with Crippen LogP contribution in [0.2, 0.25) is 0 Å². The van der Waals surface area contributed by atoms with E-state index in [1.807, 2.05) is 59.0 Å². The fourth-order valence-corrected chi connectivity index (χ4v) is 0.311. The average molecular weight is 343 g/mol. The van der Waals surface area contributed by atoms with Crippen LogP contribution in [-0.4, -0.2) is 84.6 Å². The number of carbonyl (C=O) groups is 1. The first kappa shape index (κ1) is 29.1. The third-order valence-corrected chi connectivity index (χ3v) is 1.36. The minimum absolute atomic E-state index is 0.0625. The molecule has 2 N–H and O–H groups in total. The zero-order chi connectivity index (χ0) is 18.9. The smallest absolute Gasteiger partial charge is 0.353 e. The highest BCUT2D eigenvalue weighted by atomic mass is 32.3. The van der Waals surface area contributed by atoms with E-state index in [0.29, 0.717) is 12.1 Å². The number of amides is 1. The summed E-state index contributed by atoms with van der Waals surface area (Å²) in [5.41, 5.74) is 0.562. The van der Waals surface area contributed by atoms with Crippen molar-refractivity contribution in [1.29, 1.82) is 0 Å².